The van der Waals surface area contributed by atoms with Crippen LogP contribution in [0.4, 0.5) is 0 Å². The molecule has 0 aromatic heterocycles. The van der Waals surface area contributed by atoms with Gasteiger partial charge in [-0.2, -0.15) is 0 Å². The van der Waals surface area contributed by atoms with Gasteiger partial charge in [0.15, 0.2) is 0 Å². The molecule has 98 valence electrons. The van der Waals surface area contributed by atoms with E-state index in [0.717, 1.165) is 26.2 Å². The fraction of sp³-hybridized carbons (Fsp3) is 1.00. The topological polar surface area (TPSA) is 32.5 Å². The van der Waals surface area contributed by atoms with Crippen molar-refractivity contribution < 1.29 is 0 Å². The molecule has 3 heteroatoms. The van der Waals surface area contributed by atoms with Gasteiger partial charge in [-0.15, -0.1) is 0 Å². The minimum atomic E-state index is 0.318. The van der Waals surface area contributed by atoms with Gasteiger partial charge < -0.3 is 15.5 Å². The van der Waals surface area contributed by atoms with E-state index in [1.54, 1.807) is 0 Å². The molecule has 0 aliphatic heterocycles. The van der Waals surface area contributed by atoms with E-state index in [9.17, 15) is 0 Å². The maximum absolute atomic E-state index is 6.21. The monoisotopic (exact) mass is 229 g/mol. The standard InChI is InChI=1S/C13H31N3/c1-6-8-16(10-9-15(4)5)11-13(14)12(3)7-2/h12-13H,6-11,14H2,1-5H3. The highest BCUT2D eigenvalue weighted by Crippen LogP contribution is 2.07. The van der Waals surface area contributed by atoms with Crippen molar-refractivity contribution in [3.8, 4) is 0 Å². The molecule has 2 atom stereocenters. The maximum atomic E-state index is 6.21. The number of likely N-dealkylation sites (N-methyl/N-ethyl adjacent to an activating group) is 1. The smallest absolute Gasteiger partial charge is 0.0193 e. The van der Waals surface area contributed by atoms with Crippen LogP contribution in [0.25, 0.3) is 0 Å². The average Bonchev–Trinajstić information content (AvgIpc) is 2.24. The Hall–Kier alpha value is -0.120. The lowest BCUT2D eigenvalue weighted by Crippen LogP contribution is -2.43. The Morgan fingerprint density at radius 2 is 1.69 bits per heavy atom. The molecule has 2 unspecified atom stereocenters. The zero-order valence-corrected chi connectivity index (χ0v) is 11.9. The first kappa shape index (κ1) is 15.9. The van der Waals surface area contributed by atoms with Gasteiger partial charge in [-0.05, 0) is 33.0 Å². The summed E-state index contributed by atoms with van der Waals surface area (Å²) in [5, 5.41) is 0. The number of hydrogen-bond donors (Lipinski definition) is 1. The van der Waals surface area contributed by atoms with E-state index in [4.69, 9.17) is 5.73 Å². The normalized spacial score (nSPS) is 15.8. The van der Waals surface area contributed by atoms with Crippen LogP contribution in [-0.2, 0) is 0 Å². The molecule has 0 aliphatic rings. The fourth-order valence-corrected chi connectivity index (χ4v) is 1.73. The molecule has 0 amide bonds. The molecule has 0 saturated heterocycles. The van der Waals surface area contributed by atoms with Crippen LogP contribution >= 0.6 is 0 Å². The first-order chi connectivity index (χ1) is 7.51. The molecular formula is C13H31N3. The summed E-state index contributed by atoms with van der Waals surface area (Å²) in [5.41, 5.74) is 6.21. The van der Waals surface area contributed by atoms with Crippen molar-refractivity contribution in [2.24, 2.45) is 11.7 Å². The van der Waals surface area contributed by atoms with Gasteiger partial charge in [0.05, 0.1) is 0 Å². The van der Waals surface area contributed by atoms with E-state index < -0.39 is 0 Å². The molecule has 0 heterocycles. The molecular weight excluding hydrogens is 198 g/mol. The van der Waals surface area contributed by atoms with Gasteiger partial charge in [-0.25, -0.2) is 0 Å². The average molecular weight is 229 g/mol. The largest absolute Gasteiger partial charge is 0.326 e. The molecule has 16 heavy (non-hydrogen) atoms. The SMILES string of the molecule is CCCN(CCN(C)C)CC(N)C(C)CC. The van der Waals surface area contributed by atoms with Gasteiger partial charge in [-0.1, -0.05) is 27.2 Å². The van der Waals surface area contributed by atoms with Gasteiger partial charge in [0, 0.05) is 25.7 Å². The van der Waals surface area contributed by atoms with E-state index in [2.05, 4.69) is 44.7 Å². The number of nitrogens with zero attached hydrogens (tertiary/aromatic N) is 2. The van der Waals surface area contributed by atoms with Crippen molar-refractivity contribution in [1.29, 1.82) is 0 Å². The van der Waals surface area contributed by atoms with Crippen molar-refractivity contribution in [3.63, 3.8) is 0 Å². The summed E-state index contributed by atoms with van der Waals surface area (Å²) in [7, 11) is 4.25. The summed E-state index contributed by atoms with van der Waals surface area (Å²) < 4.78 is 0. The van der Waals surface area contributed by atoms with Gasteiger partial charge in [0.2, 0.25) is 0 Å². The molecule has 3 nitrogen and oxygen atoms in total. The molecule has 0 radical (unpaired) electrons. The molecule has 0 aromatic carbocycles. The minimum Gasteiger partial charge on any atom is -0.326 e. The summed E-state index contributed by atoms with van der Waals surface area (Å²) in [5.74, 6) is 0.624. The van der Waals surface area contributed by atoms with Crippen molar-refractivity contribution in [1.82, 2.24) is 9.80 Å². The van der Waals surface area contributed by atoms with Gasteiger partial charge >= 0.3 is 0 Å². The third-order valence-corrected chi connectivity index (χ3v) is 3.25. The fourth-order valence-electron chi connectivity index (χ4n) is 1.73. The van der Waals surface area contributed by atoms with Gasteiger partial charge in [0.25, 0.3) is 0 Å². The molecule has 0 spiro atoms. The van der Waals surface area contributed by atoms with E-state index in [1.165, 1.54) is 12.8 Å². The van der Waals surface area contributed by atoms with Crippen molar-refractivity contribution >= 4 is 0 Å². The van der Waals surface area contributed by atoms with E-state index in [-0.39, 0.29) is 0 Å². The molecule has 0 bridgehead atoms. The highest BCUT2D eigenvalue weighted by molar-refractivity contribution is 4.73. The lowest BCUT2D eigenvalue weighted by Gasteiger charge is -2.29. The van der Waals surface area contributed by atoms with Crippen LogP contribution in [0.2, 0.25) is 0 Å². The Morgan fingerprint density at radius 3 is 2.12 bits per heavy atom. The van der Waals surface area contributed by atoms with Crippen LogP contribution in [-0.4, -0.2) is 56.1 Å². The Morgan fingerprint density at radius 1 is 1.06 bits per heavy atom. The second-order valence-electron chi connectivity index (χ2n) is 5.15. The van der Waals surface area contributed by atoms with Crippen molar-refractivity contribution in [2.45, 2.75) is 39.7 Å². The Balaban J connectivity index is 4.00. The summed E-state index contributed by atoms with van der Waals surface area (Å²) in [6, 6.07) is 0.318. The Bertz CT molecular complexity index is 159. The van der Waals surface area contributed by atoms with Crippen LogP contribution < -0.4 is 5.73 Å². The summed E-state index contributed by atoms with van der Waals surface area (Å²) in [6.07, 6.45) is 2.38. The molecule has 0 fully saturated rings. The number of rotatable bonds is 9. The maximum Gasteiger partial charge on any atom is 0.0193 e. The second kappa shape index (κ2) is 8.97. The van der Waals surface area contributed by atoms with E-state index in [1.807, 2.05) is 0 Å². The first-order valence-electron chi connectivity index (χ1n) is 6.63. The third kappa shape index (κ3) is 7.20. The molecule has 2 N–H and O–H groups in total. The van der Waals surface area contributed by atoms with Gasteiger partial charge in [0.1, 0.15) is 0 Å². The Kier molecular flexibility index (Phi) is 8.90. The summed E-state index contributed by atoms with van der Waals surface area (Å²) in [4.78, 5) is 4.73. The highest BCUT2D eigenvalue weighted by atomic mass is 15.2. The predicted octanol–water partition coefficient (Wildman–Crippen LogP) is 1.63. The van der Waals surface area contributed by atoms with Crippen LogP contribution in [0.1, 0.15) is 33.6 Å². The van der Waals surface area contributed by atoms with Crippen molar-refractivity contribution in [2.75, 3.05) is 40.3 Å². The van der Waals surface area contributed by atoms with Crippen LogP contribution in [0, 0.1) is 5.92 Å². The lowest BCUT2D eigenvalue weighted by atomic mass is 9.99. The molecule has 0 saturated carbocycles. The van der Waals surface area contributed by atoms with Crippen LogP contribution in [0.15, 0.2) is 0 Å². The number of nitrogens with two attached hydrogens (primary N) is 1. The van der Waals surface area contributed by atoms with Gasteiger partial charge in [-0.3, -0.25) is 0 Å². The quantitative estimate of drug-likeness (QED) is 0.652. The molecule has 0 aliphatic carbocycles. The lowest BCUT2D eigenvalue weighted by molar-refractivity contribution is 0.211. The summed E-state index contributed by atoms with van der Waals surface area (Å²) >= 11 is 0. The minimum absolute atomic E-state index is 0.318. The van der Waals surface area contributed by atoms with E-state index in [0.29, 0.717) is 12.0 Å². The number of hydrogen-bond acceptors (Lipinski definition) is 3. The van der Waals surface area contributed by atoms with Crippen LogP contribution in [0.5, 0.6) is 0 Å². The van der Waals surface area contributed by atoms with Crippen LogP contribution in [0.3, 0.4) is 0 Å². The second-order valence-corrected chi connectivity index (χ2v) is 5.15. The zero-order chi connectivity index (χ0) is 12.6. The third-order valence-electron chi connectivity index (χ3n) is 3.25. The zero-order valence-electron chi connectivity index (χ0n) is 11.9. The molecule has 0 aromatic rings. The summed E-state index contributed by atoms with van der Waals surface area (Å²) in [6.45, 7) is 11.2. The molecule has 0 rings (SSSR count). The predicted molar refractivity (Wildman–Crippen MR) is 72.7 cm³/mol. The first-order valence-corrected chi connectivity index (χ1v) is 6.63. The Labute approximate surface area is 102 Å². The van der Waals surface area contributed by atoms with Crippen molar-refractivity contribution in [3.05, 3.63) is 0 Å². The van der Waals surface area contributed by atoms with E-state index >= 15 is 0 Å². The highest BCUT2D eigenvalue weighted by Gasteiger charge is 2.14.